The quantitative estimate of drug-likeness (QED) is 0.783. The molecule has 1 aromatic carbocycles. The number of hydrogen-bond donors (Lipinski definition) is 2. The van der Waals surface area contributed by atoms with Crippen molar-refractivity contribution in [1.82, 2.24) is 10.3 Å². The molecule has 0 saturated carbocycles. The topological polar surface area (TPSA) is 54.0 Å². The largest absolute Gasteiger partial charge is 0.416 e. The Morgan fingerprint density at radius 3 is 2.35 bits per heavy atom. The first-order valence-electron chi connectivity index (χ1n) is 8.36. The second-order valence-corrected chi connectivity index (χ2v) is 6.37. The van der Waals surface area contributed by atoms with Crippen LogP contribution in [0.15, 0.2) is 48.7 Å². The fourth-order valence-electron chi connectivity index (χ4n) is 2.38. The lowest BCUT2D eigenvalue weighted by Gasteiger charge is -2.23. The van der Waals surface area contributed by atoms with Crippen LogP contribution in [0.3, 0.4) is 0 Å². The number of carbonyl (C=O) groups is 1. The van der Waals surface area contributed by atoms with Crippen LogP contribution in [0, 0.1) is 5.92 Å². The second-order valence-electron chi connectivity index (χ2n) is 6.37. The normalized spacial score (nSPS) is 12.7. The van der Waals surface area contributed by atoms with Crippen LogP contribution >= 0.6 is 0 Å². The summed E-state index contributed by atoms with van der Waals surface area (Å²) in [6, 6.07) is 10.1. The van der Waals surface area contributed by atoms with Gasteiger partial charge in [-0.3, -0.25) is 9.78 Å². The van der Waals surface area contributed by atoms with Crippen LogP contribution in [0.1, 0.15) is 25.1 Å². The van der Waals surface area contributed by atoms with E-state index < -0.39 is 11.7 Å². The van der Waals surface area contributed by atoms with Gasteiger partial charge in [0, 0.05) is 30.2 Å². The molecular formula is C19H22F3N3O. The van der Waals surface area contributed by atoms with E-state index in [0.717, 1.165) is 12.1 Å². The molecule has 2 N–H and O–H groups in total. The van der Waals surface area contributed by atoms with Gasteiger partial charge in [-0.1, -0.05) is 19.9 Å². The number of amides is 1. The minimum absolute atomic E-state index is 0.142. The molecule has 0 bridgehead atoms. The van der Waals surface area contributed by atoms with E-state index in [2.05, 4.69) is 15.6 Å². The Labute approximate surface area is 150 Å². The van der Waals surface area contributed by atoms with Gasteiger partial charge in [-0.25, -0.2) is 0 Å². The molecular weight excluding hydrogens is 343 g/mol. The predicted octanol–water partition coefficient (Wildman–Crippen LogP) is 3.90. The Hall–Kier alpha value is -2.57. The monoisotopic (exact) mass is 365 g/mol. The maximum atomic E-state index is 12.6. The average Bonchev–Trinajstić information content (AvgIpc) is 2.59. The molecule has 0 aliphatic carbocycles. The summed E-state index contributed by atoms with van der Waals surface area (Å²) < 4.78 is 37.8. The number of anilines is 1. The summed E-state index contributed by atoms with van der Waals surface area (Å²) in [5, 5.41) is 6.03. The highest BCUT2D eigenvalue weighted by atomic mass is 19.4. The van der Waals surface area contributed by atoms with Crippen molar-refractivity contribution in [3.05, 3.63) is 59.9 Å². The van der Waals surface area contributed by atoms with Crippen LogP contribution in [0.4, 0.5) is 18.9 Å². The van der Waals surface area contributed by atoms with Crippen molar-refractivity contribution in [3.8, 4) is 0 Å². The minimum atomic E-state index is -4.35. The van der Waals surface area contributed by atoms with E-state index >= 15 is 0 Å². The molecule has 0 radical (unpaired) electrons. The highest BCUT2D eigenvalue weighted by Crippen LogP contribution is 2.29. The molecule has 0 aliphatic rings. The molecule has 4 nitrogen and oxygen atoms in total. The molecule has 0 spiro atoms. The van der Waals surface area contributed by atoms with Gasteiger partial charge in [-0.05, 0) is 42.3 Å². The number of nitrogens with zero attached hydrogens (tertiary/aromatic N) is 1. The van der Waals surface area contributed by atoms with Gasteiger partial charge in [0.25, 0.3) is 0 Å². The van der Waals surface area contributed by atoms with Gasteiger partial charge >= 0.3 is 6.18 Å². The van der Waals surface area contributed by atoms with Gasteiger partial charge in [0.1, 0.15) is 0 Å². The molecule has 1 amide bonds. The number of carbonyl (C=O) groups excluding carboxylic acids is 1. The number of aromatic nitrogens is 1. The van der Waals surface area contributed by atoms with Crippen molar-refractivity contribution < 1.29 is 18.0 Å². The zero-order valence-electron chi connectivity index (χ0n) is 14.7. The van der Waals surface area contributed by atoms with Gasteiger partial charge in [0.15, 0.2) is 0 Å². The lowest BCUT2D eigenvalue weighted by molar-refractivity contribution is -0.137. The number of rotatable bonds is 7. The first-order valence-corrected chi connectivity index (χ1v) is 8.36. The van der Waals surface area contributed by atoms with E-state index in [0.29, 0.717) is 17.9 Å². The van der Waals surface area contributed by atoms with Crippen molar-refractivity contribution in [1.29, 1.82) is 0 Å². The average molecular weight is 365 g/mol. The molecule has 0 unspecified atom stereocenters. The fraction of sp³-hybridized carbons (Fsp3) is 0.368. The first-order chi connectivity index (χ1) is 12.3. The van der Waals surface area contributed by atoms with E-state index in [1.54, 1.807) is 18.3 Å². The number of pyridine rings is 1. The second kappa shape index (κ2) is 8.69. The highest BCUT2D eigenvalue weighted by Gasteiger charge is 2.30. The maximum absolute atomic E-state index is 12.6. The molecule has 2 rings (SSSR count). The van der Waals surface area contributed by atoms with Crippen LogP contribution in [-0.2, 0) is 17.4 Å². The molecule has 1 aromatic heterocycles. The Morgan fingerprint density at radius 1 is 1.12 bits per heavy atom. The molecule has 1 heterocycles. The van der Waals surface area contributed by atoms with Crippen LogP contribution in [0.5, 0.6) is 0 Å². The molecule has 7 heteroatoms. The van der Waals surface area contributed by atoms with Crippen LogP contribution in [-0.4, -0.2) is 23.5 Å². The first kappa shape index (κ1) is 19.8. The summed E-state index contributed by atoms with van der Waals surface area (Å²) in [4.78, 5) is 16.3. The van der Waals surface area contributed by atoms with E-state index in [1.807, 2.05) is 19.9 Å². The van der Waals surface area contributed by atoms with Crippen molar-refractivity contribution in [2.24, 2.45) is 5.92 Å². The number of hydrogen-bond acceptors (Lipinski definition) is 3. The molecule has 2 aromatic rings. The van der Waals surface area contributed by atoms with Crippen molar-refractivity contribution >= 4 is 11.6 Å². The van der Waals surface area contributed by atoms with E-state index in [1.165, 1.54) is 12.1 Å². The van der Waals surface area contributed by atoms with Crippen LogP contribution < -0.4 is 10.6 Å². The van der Waals surface area contributed by atoms with Crippen molar-refractivity contribution in [2.45, 2.75) is 32.5 Å². The zero-order chi connectivity index (χ0) is 19.2. The van der Waals surface area contributed by atoms with E-state index in [-0.39, 0.29) is 24.3 Å². The van der Waals surface area contributed by atoms with Gasteiger partial charge in [0.05, 0.1) is 12.0 Å². The van der Waals surface area contributed by atoms with Crippen LogP contribution in [0.25, 0.3) is 0 Å². The third kappa shape index (κ3) is 6.06. The molecule has 0 saturated heterocycles. The minimum Gasteiger partial charge on any atom is -0.383 e. The zero-order valence-corrected chi connectivity index (χ0v) is 14.7. The van der Waals surface area contributed by atoms with Gasteiger partial charge in [0.2, 0.25) is 5.91 Å². The van der Waals surface area contributed by atoms with E-state index in [4.69, 9.17) is 0 Å². The summed E-state index contributed by atoms with van der Waals surface area (Å²) in [6.07, 6.45) is -2.53. The van der Waals surface area contributed by atoms with Gasteiger partial charge in [-0.15, -0.1) is 0 Å². The maximum Gasteiger partial charge on any atom is 0.416 e. The molecule has 26 heavy (non-hydrogen) atoms. The fourth-order valence-corrected chi connectivity index (χ4v) is 2.38. The Morgan fingerprint density at radius 2 is 1.81 bits per heavy atom. The SMILES string of the molecule is CC(C)[C@H](CNc1ccc(C(F)(F)F)cc1)NC(=O)Cc1ccccn1. The lowest BCUT2D eigenvalue weighted by atomic mass is 10.0. The molecule has 140 valence electrons. The molecule has 1 atom stereocenters. The van der Waals surface area contributed by atoms with Crippen LogP contribution in [0.2, 0.25) is 0 Å². The van der Waals surface area contributed by atoms with Crippen molar-refractivity contribution in [3.63, 3.8) is 0 Å². The predicted molar refractivity (Wildman–Crippen MR) is 94.6 cm³/mol. The standard InChI is InChI=1S/C19H22F3N3O/c1-13(2)17(25-18(26)11-16-5-3-4-10-23-16)12-24-15-8-6-14(7-9-15)19(20,21)22/h3-10,13,17,24H,11-12H2,1-2H3,(H,25,26)/t17-/m0/s1. The summed E-state index contributed by atoms with van der Waals surface area (Å²) in [5.41, 5.74) is 0.568. The van der Waals surface area contributed by atoms with Crippen molar-refractivity contribution in [2.75, 3.05) is 11.9 Å². The van der Waals surface area contributed by atoms with Gasteiger partial charge in [-0.2, -0.15) is 13.2 Å². The summed E-state index contributed by atoms with van der Waals surface area (Å²) in [7, 11) is 0. The number of alkyl halides is 3. The Kier molecular flexibility index (Phi) is 6.60. The van der Waals surface area contributed by atoms with E-state index in [9.17, 15) is 18.0 Å². The Bertz CT molecular complexity index is 700. The Balaban J connectivity index is 1.90. The molecule has 0 aliphatic heterocycles. The summed E-state index contributed by atoms with van der Waals surface area (Å²) in [6.45, 7) is 4.36. The highest BCUT2D eigenvalue weighted by molar-refractivity contribution is 5.78. The number of benzene rings is 1. The third-order valence-corrected chi connectivity index (χ3v) is 3.96. The lowest BCUT2D eigenvalue weighted by Crippen LogP contribution is -2.43. The smallest absolute Gasteiger partial charge is 0.383 e. The number of halogens is 3. The summed E-state index contributed by atoms with van der Waals surface area (Å²) in [5.74, 6) is 0.0150. The number of nitrogens with one attached hydrogen (secondary N) is 2. The summed E-state index contributed by atoms with van der Waals surface area (Å²) >= 11 is 0. The molecule has 0 fully saturated rings. The third-order valence-electron chi connectivity index (χ3n) is 3.96. The van der Waals surface area contributed by atoms with Gasteiger partial charge < -0.3 is 10.6 Å².